The van der Waals surface area contributed by atoms with Crippen molar-refractivity contribution < 1.29 is 4.52 Å². The molecule has 0 aliphatic rings. The summed E-state index contributed by atoms with van der Waals surface area (Å²) < 4.78 is 5.06. The zero-order chi connectivity index (χ0) is 12.4. The van der Waals surface area contributed by atoms with E-state index in [-0.39, 0.29) is 5.88 Å². The molecule has 3 rings (SSSR count). The third kappa shape index (κ3) is 1.71. The lowest BCUT2D eigenvalue weighted by Crippen LogP contribution is -1.90. The highest BCUT2D eigenvalue weighted by Gasteiger charge is 2.18. The van der Waals surface area contributed by atoms with Crippen molar-refractivity contribution in [1.82, 2.24) is 15.1 Å². The lowest BCUT2D eigenvalue weighted by Gasteiger charge is -2.00. The van der Waals surface area contributed by atoms with Gasteiger partial charge in [-0.2, -0.15) is 0 Å². The summed E-state index contributed by atoms with van der Waals surface area (Å²) in [5.74, 6) is 0.245. The summed E-state index contributed by atoms with van der Waals surface area (Å²) in [7, 11) is 0. The number of aromatic nitrogens is 3. The van der Waals surface area contributed by atoms with Crippen molar-refractivity contribution in [3.63, 3.8) is 0 Å². The van der Waals surface area contributed by atoms with Crippen LogP contribution in [0.4, 0.5) is 5.88 Å². The van der Waals surface area contributed by atoms with Crippen LogP contribution in [-0.2, 0) is 0 Å². The number of nitrogens with zero attached hydrogens (tertiary/aromatic N) is 3. The highest BCUT2D eigenvalue weighted by atomic mass is 16.5. The molecule has 0 aliphatic carbocycles. The third-order valence-corrected chi connectivity index (χ3v) is 2.59. The molecule has 0 unspecified atom stereocenters. The molecule has 0 atom stereocenters. The van der Waals surface area contributed by atoms with Gasteiger partial charge in [0, 0.05) is 18.0 Å². The first-order valence-electron chi connectivity index (χ1n) is 5.43. The second kappa shape index (κ2) is 4.29. The zero-order valence-electron chi connectivity index (χ0n) is 9.45. The molecule has 0 aliphatic heterocycles. The zero-order valence-corrected chi connectivity index (χ0v) is 9.45. The summed E-state index contributed by atoms with van der Waals surface area (Å²) in [4.78, 5) is 8.25. The van der Waals surface area contributed by atoms with Crippen molar-refractivity contribution in [2.45, 2.75) is 0 Å². The van der Waals surface area contributed by atoms with Crippen molar-refractivity contribution in [2.24, 2.45) is 0 Å². The van der Waals surface area contributed by atoms with Gasteiger partial charge in [0.25, 0.3) is 0 Å². The Labute approximate surface area is 103 Å². The molecule has 2 N–H and O–H groups in total. The van der Waals surface area contributed by atoms with Gasteiger partial charge in [0.05, 0.1) is 17.5 Å². The summed E-state index contributed by atoms with van der Waals surface area (Å²) in [5.41, 5.74) is 8.74. The molecule has 3 aromatic rings. The van der Waals surface area contributed by atoms with Crippen molar-refractivity contribution >= 4 is 5.88 Å². The van der Waals surface area contributed by atoms with E-state index in [1.165, 1.54) is 0 Å². The van der Waals surface area contributed by atoms with Crippen LogP contribution < -0.4 is 5.73 Å². The fraction of sp³-hybridized carbons (Fsp3) is 0. The molecule has 1 aromatic carbocycles. The van der Waals surface area contributed by atoms with Crippen molar-refractivity contribution in [3.05, 3.63) is 48.9 Å². The Bertz CT molecular complexity index is 649. The van der Waals surface area contributed by atoms with E-state index in [4.69, 9.17) is 10.3 Å². The van der Waals surface area contributed by atoms with Crippen molar-refractivity contribution in [2.75, 3.05) is 5.73 Å². The molecule has 0 spiro atoms. The summed E-state index contributed by atoms with van der Waals surface area (Å²) in [6.45, 7) is 0. The molecule has 0 bridgehead atoms. The van der Waals surface area contributed by atoms with Crippen molar-refractivity contribution in [1.29, 1.82) is 0 Å². The molecule has 88 valence electrons. The van der Waals surface area contributed by atoms with Crippen LogP contribution in [-0.4, -0.2) is 15.1 Å². The molecule has 2 aromatic heterocycles. The Morgan fingerprint density at radius 2 is 1.89 bits per heavy atom. The third-order valence-electron chi connectivity index (χ3n) is 2.59. The monoisotopic (exact) mass is 238 g/mol. The summed E-state index contributed by atoms with van der Waals surface area (Å²) in [5, 5.41) is 3.99. The number of hydrogen-bond acceptors (Lipinski definition) is 5. The van der Waals surface area contributed by atoms with E-state index in [2.05, 4.69) is 15.1 Å². The van der Waals surface area contributed by atoms with E-state index in [1.54, 1.807) is 18.6 Å². The van der Waals surface area contributed by atoms with E-state index in [0.717, 1.165) is 5.56 Å². The van der Waals surface area contributed by atoms with Crippen LogP contribution in [0, 0.1) is 0 Å². The van der Waals surface area contributed by atoms with Gasteiger partial charge in [-0.3, -0.25) is 9.97 Å². The van der Waals surface area contributed by atoms with Gasteiger partial charge >= 0.3 is 0 Å². The average Bonchev–Trinajstić information content (AvgIpc) is 2.83. The van der Waals surface area contributed by atoms with E-state index in [9.17, 15) is 0 Å². The fourth-order valence-electron chi connectivity index (χ4n) is 1.77. The van der Waals surface area contributed by atoms with Gasteiger partial charge in [-0.25, -0.2) is 0 Å². The number of nitrogens with two attached hydrogens (primary N) is 1. The van der Waals surface area contributed by atoms with Crippen LogP contribution in [0.1, 0.15) is 0 Å². The average molecular weight is 238 g/mol. The van der Waals surface area contributed by atoms with Crippen molar-refractivity contribution in [3.8, 4) is 22.5 Å². The van der Waals surface area contributed by atoms with Crippen LogP contribution in [0.3, 0.4) is 0 Å². The standard InChI is InChI=1S/C13H10N4O/c14-13-11(10-8-15-6-7-16-10)12(17-18-13)9-4-2-1-3-5-9/h1-8H,14H2. The lowest BCUT2D eigenvalue weighted by atomic mass is 10.1. The van der Waals surface area contributed by atoms with Crippen LogP contribution in [0.5, 0.6) is 0 Å². The van der Waals surface area contributed by atoms with Crippen LogP contribution in [0.2, 0.25) is 0 Å². The molecule has 5 heteroatoms. The first-order valence-corrected chi connectivity index (χ1v) is 5.43. The molecule has 5 nitrogen and oxygen atoms in total. The van der Waals surface area contributed by atoms with E-state index in [0.29, 0.717) is 17.0 Å². The highest BCUT2D eigenvalue weighted by molar-refractivity contribution is 5.84. The Hall–Kier alpha value is -2.69. The lowest BCUT2D eigenvalue weighted by molar-refractivity contribution is 0.439. The first-order chi connectivity index (χ1) is 8.86. The summed E-state index contributed by atoms with van der Waals surface area (Å²) in [6, 6.07) is 9.69. The molecule has 0 saturated carbocycles. The minimum absolute atomic E-state index is 0.245. The van der Waals surface area contributed by atoms with E-state index < -0.39 is 0 Å². The smallest absolute Gasteiger partial charge is 0.232 e. The van der Waals surface area contributed by atoms with Gasteiger partial charge in [-0.05, 0) is 0 Å². The molecule has 0 radical (unpaired) electrons. The predicted octanol–water partition coefficient (Wildman–Crippen LogP) is 2.38. The predicted molar refractivity (Wildman–Crippen MR) is 67.4 cm³/mol. The highest BCUT2D eigenvalue weighted by Crippen LogP contribution is 2.34. The second-order valence-electron chi connectivity index (χ2n) is 3.73. The molecular weight excluding hydrogens is 228 g/mol. The number of anilines is 1. The molecule has 0 saturated heterocycles. The maximum Gasteiger partial charge on any atom is 0.232 e. The summed E-state index contributed by atoms with van der Waals surface area (Å²) >= 11 is 0. The van der Waals surface area contributed by atoms with Gasteiger partial charge < -0.3 is 10.3 Å². The second-order valence-corrected chi connectivity index (χ2v) is 3.73. The maximum absolute atomic E-state index is 5.81. The first kappa shape index (κ1) is 10.5. The molecule has 18 heavy (non-hydrogen) atoms. The van der Waals surface area contributed by atoms with Gasteiger partial charge in [-0.15, -0.1) is 0 Å². The van der Waals surface area contributed by atoms with Gasteiger partial charge in [0.1, 0.15) is 5.69 Å². The quantitative estimate of drug-likeness (QED) is 0.741. The van der Waals surface area contributed by atoms with E-state index >= 15 is 0 Å². The largest absolute Gasteiger partial charge is 0.367 e. The number of rotatable bonds is 2. The number of benzene rings is 1. The molecule has 2 heterocycles. The van der Waals surface area contributed by atoms with Gasteiger partial charge in [-0.1, -0.05) is 35.5 Å². The number of nitrogen functional groups attached to an aromatic ring is 1. The van der Waals surface area contributed by atoms with Gasteiger partial charge in [0.15, 0.2) is 0 Å². The van der Waals surface area contributed by atoms with Crippen LogP contribution >= 0.6 is 0 Å². The van der Waals surface area contributed by atoms with Gasteiger partial charge in [0.2, 0.25) is 5.88 Å². The normalized spacial score (nSPS) is 10.4. The molecular formula is C13H10N4O. The molecule has 0 amide bonds. The summed E-state index contributed by atoms with van der Waals surface area (Å²) in [6.07, 6.45) is 4.85. The minimum Gasteiger partial charge on any atom is -0.367 e. The Morgan fingerprint density at radius 1 is 1.06 bits per heavy atom. The maximum atomic E-state index is 5.81. The SMILES string of the molecule is Nc1onc(-c2ccccc2)c1-c1cnccn1. The Balaban J connectivity index is 2.19. The number of hydrogen-bond donors (Lipinski definition) is 1. The van der Waals surface area contributed by atoms with Crippen LogP contribution in [0.25, 0.3) is 22.5 Å². The Kier molecular flexibility index (Phi) is 2.49. The molecule has 0 fully saturated rings. The fourth-order valence-corrected chi connectivity index (χ4v) is 1.77. The van der Waals surface area contributed by atoms with Crippen LogP contribution in [0.15, 0.2) is 53.4 Å². The van der Waals surface area contributed by atoms with E-state index in [1.807, 2.05) is 30.3 Å². The minimum atomic E-state index is 0.245. The Morgan fingerprint density at radius 3 is 2.61 bits per heavy atom. The topological polar surface area (TPSA) is 77.8 Å².